The van der Waals surface area contributed by atoms with Crippen molar-refractivity contribution in [2.45, 2.75) is 51.8 Å². The van der Waals surface area contributed by atoms with Crippen molar-refractivity contribution in [2.75, 3.05) is 65.9 Å². The van der Waals surface area contributed by atoms with Crippen LogP contribution in [0, 0.1) is 20.8 Å². The second-order valence-electron chi connectivity index (χ2n) is 9.93. The van der Waals surface area contributed by atoms with Crippen LogP contribution >= 0.6 is 0 Å². The van der Waals surface area contributed by atoms with Gasteiger partial charge in [0.2, 0.25) is 17.7 Å². The number of carbonyl (C=O) groups is 4. The summed E-state index contributed by atoms with van der Waals surface area (Å²) in [6.07, 6.45) is 0.652. The van der Waals surface area contributed by atoms with E-state index in [0.717, 1.165) is 5.56 Å². The fourth-order valence-electron chi connectivity index (χ4n) is 3.50. The van der Waals surface area contributed by atoms with Crippen molar-refractivity contribution in [1.82, 2.24) is 16.0 Å². The smallest absolute Gasteiger partial charge is 0.312 e. The van der Waals surface area contributed by atoms with E-state index in [0.29, 0.717) is 59.2 Å². The summed E-state index contributed by atoms with van der Waals surface area (Å²) in [5.74, 6) is -1.83. The summed E-state index contributed by atoms with van der Waals surface area (Å²) in [5.41, 5.74) is 16.6. The third-order valence-electron chi connectivity index (χ3n) is 5.82. The van der Waals surface area contributed by atoms with Gasteiger partial charge in [0, 0.05) is 52.2 Å². The van der Waals surface area contributed by atoms with Crippen LogP contribution in [0.3, 0.4) is 0 Å². The first-order chi connectivity index (χ1) is 21.6. The Morgan fingerprint density at radius 3 is 1.79 bits per heavy atom. The summed E-state index contributed by atoms with van der Waals surface area (Å²) < 4.78 is 21.3. The quantitative estimate of drug-likeness (QED) is 0.0313. The van der Waals surface area contributed by atoms with E-state index < -0.39 is 29.9 Å². The van der Waals surface area contributed by atoms with Gasteiger partial charge >= 0.3 is 6.03 Å². The fourth-order valence-corrected chi connectivity index (χ4v) is 3.50. The number of ether oxygens (including phenoxy) is 4. The Labute approximate surface area is 311 Å². The summed E-state index contributed by atoms with van der Waals surface area (Å²) in [4.78, 5) is 51.3. The number of primary amides is 2. The minimum absolute atomic E-state index is 0. The molecule has 0 heterocycles. The topological polar surface area (TPSA) is 249 Å². The molecule has 16 nitrogen and oxygen atoms in total. The molecule has 277 valence electrons. The van der Waals surface area contributed by atoms with Gasteiger partial charge in [-0.3, -0.25) is 19.6 Å². The Hall–Kier alpha value is -2.28. The SMILES string of the molecule is CC(C)C(NC(=O)CCOCCOCCOCCOCCN)C(=O)NC(CCCNC(N)=O)C(N)=O.OOCc1ccccc1.[CH3-].[CH3-].[Y]. The average Bonchev–Trinajstić information content (AvgIpc) is 3.00. The standard InChI is InChI=1S/C22H44N6O8.C7H8O2.2CH3.Y/c1-16(2)19(21(31)27-17(20(24)30)4-3-7-26-22(25)32)28-18(29)5-8-33-10-12-35-14-15-36-13-11-34-9-6-23;8-9-6-7-4-2-1-3-5-7;;;/h16-17,19H,3-15,23H2,1-2H3,(H2,24,30)(H,27,31)(H,28,29)(H3,25,26,32);1-5,8H,6H2;2*1H3;/q;;2*-1;. The Balaban J connectivity index is -0.000000692. The first-order valence-corrected chi connectivity index (χ1v) is 14.9. The van der Waals surface area contributed by atoms with Crippen LogP contribution in [0.2, 0.25) is 0 Å². The number of benzene rings is 1. The number of rotatable bonds is 25. The molecular weight excluding hydrogens is 705 g/mol. The summed E-state index contributed by atoms with van der Waals surface area (Å²) in [7, 11) is 0. The predicted octanol–water partition coefficient (Wildman–Crippen LogP) is 0.535. The van der Waals surface area contributed by atoms with Crippen LogP contribution in [-0.2, 0) is 77.5 Å². The molecule has 0 bridgehead atoms. The molecule has 17 heteroatoms. The first kappa shape index (κ1) is 52.5. The third kappa shape index (κ3) is 31.0. The zero-order valence-corrected chi connectivity index (χ0v) is 31.8. The normalized spacial score (nSPS) is 11.3. The number of nitrogens with one attached hydrogen (secondary N) is 3. The molecule has 0 saturated carbocycles. The Morgan fingerprint density at radius 2 is 1.33 bits per heavy atom. The minimum atomic E-state index is -0.941. The summed E-state index contributed by atoms with van der Waals surface area (Å²) in [6, 6.07) is 7.01. The van der Waals surface area contributed by atoms with E-state index in [1.165, 1.54) is 0 Å². The molecule has 10 N–H and O–H groups in total. The Morgan fingerprint density at radius 1 is 0.812 bits per heavy atom. The van der Waals surface area contributed by atoms with E-state index >= 15 is 0 Å². The number of carbonyl (C=O) groups excluding carboxylic acids is 4. The molecule has 2 unspecified atom stereocenters. The van der Waals surface area contributed by atoms with Gasteiger partial charge in [-0.15, -0.1) is 0 Å². The van der Waals surface area contributed by atoms with Gasteiger partial charge < -0.3 is 67.0 Å². The molecule has 1 rings (SSSR count). The number of urea groups is 1. The molecule has 0 fully saturated rings. The van der Waals surface area contributed by atoms with E-state index in [-0.39, 0.29) is 92.0 Å². The summed E-state index contributed by atoms with van der Waals surface area (Å²) in [5, 5.41) is 15.6. The van der Waals surface area contributed by atoms with Crippen molar-refractivity contribution in [1.29, 1.82) is 0 Å². The van der Waals surface area contributed by atoms with Gasteiger partial charge in [-0.1, -0.05) is 44.2 Å². The molecule has 1 aromatic carbocycles. The Kier molecular flexibility index (Phi) is 39.4. The van der Waals surface area contributed by atoms with Crippen molar-refractivity contribution < 1.29 is 81.0 Å². The molecule has 5 amide bonds. The predicted molar refractivity (Wildman–Crippen MR) is 178 cm³/mol. The van der Waals surface area contributed by atoms with Crippen molar-refractivity contribution in [3.63, 3.8) is 0 Å². The van der Waals surface area contributed by atoms with Crippen molar-refractivity contribution >= 4 is 23.8 Å². The molecule has 48 heavy (non-hydrogen) atoms. The molecule has 0 aliphatic rings. The maximum absolute atomic E-state index is 12.7. The van der Waals surface area contributed by atoms with Crippen LogP contribution in [0.15, 0.2) is 30.3 Å². The van der Waals surface area contributed by atoms with Crippen molar-refractivity contribution in [3.8, 4) is 0 Å². The number of hydrogen-bond donors (Lipinski definition) is 7. The third-order valence-corrected chi connectivity index (χ3v) is 5.82. The molecule has 1 radical (unpaired) electrons. The number of hydrogen-bond acceptors (Lipinski definition) is 11. The first-order valence-electron chi connectivity index (χ1n) is 14.9. The van der Waals surface area contributed by atoms with Crippen LogP contribution in [0.4, 0.5) is 4.79 Å². The van der Waals surface area contributed by atoms with Crippen molar-refractivity contribution in [2.24, 2.45) is 23.1 Å². The molecule has 0 aliphatic carbocycles. The van der Waals surface area contributed by atoms with E-state index in [2.05, 4.69) is 20.8 Å². The summed E-state index contributed by atoms with van der Waals surface area (Å²) in [6.45, 7) is 7.68. The minimum Gasteiger partial charge on any atom is -0.379 e. The maximum atomic E-state index is 12.7. The van der Waals surface area contributed by atoms with E-state index in [1.807, 2.05) is 30.3 Å². The van der Waals surface area contributed by atoms with E-state index in [4.69, 9.17) is 41.4 Å². The van der Waals surface area contributed by atoms with Crippen LogP contribution in [0.1, 0.15) is 38.7 Å². The summed E-state index contributed by atoms with van der Waals surface area (Å²) >= 11 is 0. The second kappa shape index (κ2) is 36.0. The molecule has 0 spiro atoms. The largest absolute Gasteiger partial charge is 0.379 e. The zero-order valence-electron chi connectivity index (χ0n) is 28.9. The van der Waals surface area contributed by atoms with Gasteiger partial charge in [-0.05, 0) is 24.3 Å². The number of amides is 5. The molecule has 0 aliphatic heterocycles. The van der Waals surface area contributed by atoms with Gasteiger partial charge in [0.05, 0.1) is 52.9 Å². The monoisotopic (exact) mass is 763 g/mol. The molecule has 1 aromatic rings. The maximum Gasteiger partial charge on any atom is 0.312 e. The zero-order chi connectivity index (χ0) is 33.7. The fraction of sp³-hybridized carbons (Fsp3) is 0.613. The van der Waals surface area contributed by atoms with Crippen LogP contribution in [-0.4, -0.2) is 107 Å². The van der Waals surface area contributed by atoms with Crippen LogP contribution < -0.4 is 33.2 Å². The molecular formula is C31H58N6O10Y-2. The van der Waals surface area contributed by atoms with Gasteiger partial charge in [0.1, 0.15) is 18.7 Å². The molecule has 0 saturated heterocycles. The van der Waals surface area contributed by atoms with Gasteiger partial charge in [-0.25, -0.2) is 9.68 Å². The molecule has 2 atom stereocenters. The van der Waals surface area contributed by atoms with Crippen molar-refractivity contribution in [3.05, 3.63) is 50.7 Å². The second-order valence-corrected chi connectivity index (χ2v) is 9.93. The van der Waals surface area contributed by atoms with Crippen LogP contribution in [0.25, 0.3) is 0 Å². The van der Waals surface area contributed by atoms with Gasteiger partial charge in [-0.2, -0.15) is 0 Å². The number of nitrogens with two attached hydrogens (primary N) is 3. The molecule has 0 aromatic heterocycles. The average molecular weight is 764 g/mol. The van der Waals surface area contributed by atoms with E-state index in [9.17, 15) is 19.2 Å². The van der Waals surface area contributed by atoms with E-state index in [1.54, 1.807) is 13.8 Å². The van der Waals surface area contributed by atoms with Gasteiger partial charge in [0.15, 0.2) is 0 Å². The van der Waals surface area contributed by atoms with Crippen LogP contribution in [0.5, 0.6) is 0 Å². The Bertz CT molecular complexity index is 934. The van der Waals surface area contributed by atoms with Gasteiger partial charge in [0.25, 0.3) is 0 Å².